The van der Waals surface area contributed by atoms with Gasteiger partial charge in [-0.3, -0.25) is 4.68 Å². The van der Waals surface area contributed by atoms with E-state index in [1.54, 1.807) is 17.7 Å². The zero-order valence-corrected chi connectivity index (χ0v) is 12.2. The van der Waals surface area contributed by atoms with Gasteiger partial charge in [0.25, 0.3) is 0 Å². The second-order valence-corrected chi connectivity index (χ2v) is 5.51. The molecule has 0 spiro atoms. The molecular formula is C13H15F3N4O2. The van der Waals surface area contributed by atoms with Crippen LogP contribution in [0.15, 0.2) is 12.3 Å². The van der Waals surface area contributed by atoms with Crippen LogP contribution in [0.3, 0.4) is 0 Å². The van der Waals surface area contributed by atoms with Gasteiger partial charge in [-0.1, -0.05) is 0 Å². The van der Waals surface area contributed by atoms with Crippen LogP contribution in [0.1, 0.15) is 25.7 Å². The van der Waals surface area contributed by atoms with Gasteiger partial charge in [-0.2, -0.15) is 13.2 Å². The van der Waals surface area contributed by atoms with Gasteiger partial charge in [0.2, 0.25) is 11.5 Å². The van der Waals surface area contributed by atoms with Crippen LogP contribution in [0, 0.1) is 0 Å². The third-order valence-corrected chi connectivity index (χ3v) is 3.89. The Morgan fingerprint density at radius 1 is 1.36 bits per heavy atom. The predicted octanol–water partition coefficient (Wildman–Crippen LogP) is 2.10. The second kappa shape index (κ2) is 4.48. The summed E-state index contributed by atoms with van der Waals surface area (Å²) in [7, 11) is 1.47. The molecular weight excluding hydrogens is 301 g/mol. The van der Waals surface area contributed by atoms with Crippen molar-refractivity contribution in [2.45, 2.75) is 38.2 Å². The fourth-order valence-electron chi connectivity index (χ4n) is 2.65. The summed E-state index contributed by atoms with van der Waals surface area (Å²) < 4.78 is 47.4. The predicted molar refractivity (Wildman–Crippen MR) is 70.3 cm³/mol. The van der Waals surface area contributed by atoms with Crippen molar-refractivity contribution >= 4 is 0 Å². The molecule has 3 rings (SSSR count). The largest absolute Gasteiger partial charge is 0.480 e. The maximum absolute atomic E-state index is 13.1. The molecule has 0 aromatic carbocycles. The lowest BCUT2D eigenvalue weighted by molar-refractivity contribution is -0.262. The molecule has 2 aromatic heterocycles. The van der Waals surface area contributed by atoms with E-state index in [1.165, 1.54) is 17.9 Å². The number of ether oxygens (including phenoxy) is 1. The standard InChI is InChI=1S/C13H15F3N4O2/c1-7-6-19-8(4-10(18-19)22-3)9-5-17-11(20(7)9)12(2,21)13(14,15)16/h4-5,7,21H,6H2,1-3H3/t7-,12+/m0/s1. The monoisotopic (exact) mass is 316 g/mol. The molecule has 3 heterocycles. The van der Waals surface area contributed by atoms with Gasteiger partial charge >= 0.3 is 6.18 Å². The maximum atomic E-state index is 13.1. The molecule has 1 aliphatic heterocycles. The number of alkyl halides is 3. The highest BCUT2D eigenvalue weighted by Gasteiger charge is 2.55. The first-order chi connectivity index (χ1) is 10.2. The molecule has 0 amide bonds. The Bertz CT molecular complexity index is 717. The third kappa shape index (κ3) is 1.92. The van der Waals surface area contributed by atoms with E-state index in [2.05, 4.69) is 10.1 Å². The minimum atomic E-state index is -4.82. The molecule has 0 fully saturated rings. The van der Waals surface area contributed by atoms with Crippen molar-refractivity contribution in [3.05, 3.63) is 18.1 Å². The third-order valence-electron chi connectivity index (χ3n) is 3.89. The quantitative estimate of drug-likeness (QED) is 0.921. The van der Waals surface area contributed by atoms with E-state index in [-0.39, 0.29) is 6.04 Å². The van der Waals surface area contributed by atoms with E-state index >= 15 is 0 Å². The minimum absolute atomic E-state index is 0.335. The van der Waals surface area contributed by atoms with Crippen molar-refractivity contribution in [2.24, 2.45) is 0 Å². The van der Waals surface area contributed by atoms with Crippen molar-refractivity contribution in [3.63, 3.8) is 0 Å². The Labute approximate surface area is 124 Å². The van der Waals surface area contributed by atoms with Gasteiger partial charge in [-0.15, -0.1) is 5.10 Å². The number of methoxy groups -OCH3 is 1. The fraction of sp³-hybridized carbons (Fsp3) is 0.538. The molecule has 0 radical (unpaired) electrons. The topological polar surface area (TPSA) is 65.1 Å². The number of rotatable bonds is 2. The first kappa shape index (κ1) is 14.9. The minimum Gasteiger partial charge on any atom is -0.480 e. The number of aliphatic hydroxyl groups is 1. The Morgan fingerprint density at radius 3 is 2.64 bits per heavy atom. The van der Waals surface area contributed by atoms with Crippen molar-refractivity contribution in [2.75, 3.05) is 7.11 Å². The maximum Gasteiger partial charge on any atom is 0.424 e. The van der Waals surface area contributed by atoms with Crippen molar-refractivity contribution in [1.29, 1.82) is 0 Å². The summed E-state index contributed by atoms with van der Waals surface area (Å²) in [5, 5.41) is 14.1. The number of halogens is 3. The van der Waals surface area contributed by atoms with Gasteiger partial charge in [0, 0.05) is 6.07 Å². The molecule has 0 bridgehead atoms. The molecule has 0 saturated heterocycles. The summed E-state index contributed by atoms with van der Waals surface area (Å²) in [6.07, 6.45) is -3.50. The number of nitrogens with zero attached hydrogens (tertiary/aromatic N) is 4. The molecule has 0 aliphatic carbocycles. The first-order valence-electron chi connectivity index (χ1n) is 6.66. The molecule has 6 nitrogen and oxygen atoms in total. The Balaban J connectivity index is 2.18. The lowest BCUT2D eigenvalue weighted by Crippen LogP contribution is -2.42. The molecule has 9 heteroatoms. The van der Waals surface area contributed by atoms with Crippen LogP contribution in [0.4, 0.5) is 13.2 Å². The van der Waals surface area contributed by atoms with Crippen molar-refractivity contribution in [3.8, 4) is 17.3 Å². The van der Waals surface area contributed by atoms with Crippen LogP contribution in [-0.2, 0) is 12.1 Å². The highest BCUT2D eigenvalue weighted by molar-refractivity contribution is 5.58. The van der Waals surface area contributed by atoms with Gasteiger partial charge in [0.05, 0.1) is 37.3 Å². The van der Waals surface area contributed by atoms with E-state index in [9.17, 15) is 18.3 Å². The SMILES string of the molecule is COc1cc2n(n1)C[C@H](C)n1c-2cnc1[C@@](C)(O)C(F)(F)F. The average molecular weight is 316 g/mol. The van der Waals surface area contributed by atoms with E-state index < -0.39 is 17.6 Å². The Hall–Kier alpha value is -2.03. The van der Waals surface area contributed by atoms with Gasteiger partial charge in [-0.05, 0) is 13.8 Å². The van der Waals surface area contributed by atoms with Crippen molar-refractivity contribution < 1.29 is 23.0 Å². The van der Waals surface area contributed by atoms with E-state index in [4.69, 9.17) is 4.74 Å². The molecule has 120 valence electrons. The lowest BCUT2D eigenvalue weighted by atomic mass is 10.0. The number of imidazole rings is 1. The summed E-state index contributed by atoms with van der Waals surface area (Å²) in [5.41, 5.74) is -1.95. The fourth-order valence-corrected chi connectivity index (χ4v) is 2.65. The van der Waals surface area contributed by atoms with Crippen molar-refractivity contribution in [1.82, 2.24) is 19.3 Å². The molecule has 0 unspecified atom stereocenters. The Kier molecular flexibility index (Phi) is 3.03. The summed E-state index contributed by atoms with van der Waals surface area (Å²) in [5.74, 6) is -0.0464. The smallest absolute Gasteiger partial charge is 0.424 e. The number of hydrogen-bond acceptors (Lipinski definition) is 4. The van der Waals surface area contributed by atoms with E-state index in [1.807, 2.05) is 0 Å². The zero-order valence-electron chi connectivity index (χ0n) is 12.2. The summed E-state index contributed by atoms with van der Waals surface area (Å²) in [6, 6.07) is 1.30. The Morgan fingerprint density at radius 2 is 2.05 bits per heavy atom. The summed E-state index contributed by atoms with van der Waals surface area (Å²) in [4.78, 5) is 3.83. The first-order valence-corrected chi connectivity index (χ1v) is 6.66. The molecule has 2 atom stereocenters. The van der Waals surface area contributed by atoms with Gasteiger partial charge in [0.15, 0.2) is 5.82 Å². The average Bonchev–Trinajstić information content (AvgIpc) is 3.00. The number of fused-ring (bicyclic) bond motifs is 3. The van der Waals surface area contributed by atoms with Crippen LogP contribution in [0.25, 0.3) is 11.4 Å². The molecule has 1 N–H and O–H groups in total. The van der Waals surface area contributed by atoms with Crippen LogP contribution < -0.4 is 4.74 Å². The van der Waals surface area contributed by atoms with Crippen LogP contribution in [0.5, 0.6) is 5.88 Å². The van der Waals surface area contributed by atoms with E-state index in [0.29, 0.717) is 30.7 Å². The zero-order chi connectivity index (χ0) is 16.3. The second-order valence-electron chi connectivity index (χ2n) is 5.51. The van der Waals surface area contributed by atoms with Crippen LogP contribution in [-0.4, -0.2) is 37.7 Å². The summed E-state index contributed by atoms with van der Waals surface area (Å²) >= 11 is 0. The van der Waals surface area contributed by atoms with Gasteiger partial charge in [0.1, 0.15) is 0 Å². The normalized spacial score (nSPS) is 20.2. The highest BCUT2D eigenvalue weighted by Crippen LogP contribution is 2.42. The van der Waals surface area contributed by atoms with Crippen LogP contribution >= 0.6 is 0 Å². The molecule has 2 aromatic rings. The van der Waals surface area contributed by atoms with Crippen LogP contribution in [0.2, 0.25) is 0 Å². The van der Waals surface area contributed by atoms with Gasteiger partial charge in [-0.25, -0.2) is 4.98 Å². The number of aromatic nitrogens is 4. The lowest BCUT2D eigenvalue weighted by Gasteiger charge is -2.31. The summed E-state index contributed by atoms with van der Waals surface area (Å²) in [6.45, 7) is 2.82. The molecule has 0 saturated carbocycles. The molecule has 22 heavy (non-hydrogen) atoms. The van der Waals surface area contributed by atoms with E-state index in [0.717, 1.165) is 0 Å². The number of hydrogen-bond donors (Lipinski definition) is 1. The highest BCUT2D eigenvalue weighted by atomic mass is 19.4. The van der Waals surface area contributed by atoms with Gasteiger partial charge < -0.3 is 14.4 Å². The molecule has 1 aliphatic rings.